The molecule has 0 saturated heterocycles. The molecule has 0 bridgehead atoms. The minimum Gasteiger partial charge on any atom is -0.394 e. The fraction of sp³-hybridized carbons (Fsp3) is 0.667. The Morgan fingerprint density at radius 1 is 1.28 bits per heavy atom. The van der Waals surface area contributed by atoms with Crippen LogP contribution in [0.2, 0.25) is 0 Å². The second-order valence-electron chi connectivity index (χ2n) is 3.62. The van der Waals surface area contributed by atoms with Gasteiger partial charge in [-0.1, -0.05) is 0 Å². The molecule has 9 nitrogen and oxygen atoms in total. The van der Waals surface area contributed by atoms with Crippen LogP contribution < -0.4 is 22.5 Å². The van der Waals surface area contributed by atoms with Crippen molar-refractivity contribution in [1.82, 2.24) is 5.32 Å². The highest BCUT2D eigenvalue weighted by Gasteiger charge is 2.22. The van der Waals surface area contributed by atoms with Crippen LogP contribution in [-0.4, -0.2) is 48.2 Å². The number of nitrogens with two attached hydrogens (primary N) is 3. The maximum absolute atomic E-state index is 11.3. The van der Waals surface area contributed by atoms with Crippen LogP contribution >= 0.6 is 0 Å². The predicted molar refractivity (Wildman–Crippen MR) is 63.3 cm³/mol. The molecule has 18 heavy (non-hydrogen) atoms. The number of carbonyl (C=O) groups is 2. The van der Waals surface area contributed by atoms with E-state index in [2.05, 4.69) is 10.1 Å². The first-order valence-corrected chi connectivity index (χ1v) is 5.34. The van der Waals surface area contributed by atoms with Crippen LogP contribution in [-0.2, 0) is 14.3 Å². The van der Waals surface area contributed by atoms with E-state index < -0.39 is 30.6 Å². The number of aliphatic hydroxyl groups excluding tert-OH is 1. The van der Waals surface area contributed by atoms with Gasteiger partial charge in [0.05, 0.1) is 6.61 Å². The Balaban J connectivity index is 3.89. The van der Waals surface area contributed by atoms with E-state index in [0.717, 1.165) is 0 Å². The van der Waals surface area contributed by atoms with Gasteiger partial charge < -0.3 is 32.4 Å². The average molecular weight is 261 g/mol. The molecule has 0 fully saturated rings. The molecule has 104 valence electrons. The summed E-state index contributed by atoms with van der Waals surface area (Å²) in [5, 5.41) is 18.0. The largest absolute Gasteiger partial charge is 0.394 e. The Hall–Kier alpha value is -1.71. The lowest BCUT2D eigenvalue weighted by atomic mass is 10.1. The summed E-state index contributed by atoms with van der Waals surface area (Å²) in [6, 6.07) is -2.21. The summed E-state index contributed by atoms with van der Waals surface area (Å²) in [7, 11) is 0. The summed E-state index contributed by atoms with van der Waals surface area (Å²) in [5.74, 6) is -2.08. The van der Waals surface area contributed by atoms with Crippen LogP contribution in [0.3, 0.4) is 0 Å². The van der Waals surface area contributed by atoms with Gasteiger partial charge in [0.25, 0.3) is 0 Å². The summed E-state index contributed by atoms with van der Waals surface area (Å²) in [6.07, 6.45) is 0.747. The molecule has 0 unspecified atom stereocenters. The molecule has 0 aliphatic heterocycles. The van der Waals surface area contributed by atoms with E-state index >= 15 is 0 Å². The molecule has 0 spiro atoms. The third-order valence-electron chi connectivity index (χ3n) is 2.01. The third kappa shape index (κ3) is 6.78. The van der Waals surface area contributed by atoms with Gasteiger partial charge in [0.15, 0.2) is 5.96 Å². The second-order valence-corrected chi connectivity index (χ2v) is 3.62. The van der Waals surface area contributed by atoms with E-state index in [4.69, 9.17) is 27.7 Å². The lowest BCUT2D eigenvalue weighted by molar-refractivity contribution is -0.162. The second kappa shape index (κ2) is 8.39. The van der Waals surface area contributed by atoms with E-state index in [1.54, 1.807) is 0 Å². The molecule has 0 aromatic carbocycles. The molecule has 9 heteroatoms. The van der Waals surface area contributed by atoms with Crippen molar-refractivity contribution >= 4 is 17.9 Å². The standard InChI is InChI=1S/C9H19N5O4/c10-5(2-1-3-14-9(12)13)7(16)18-8(17)6(11)4-15/h5-6,15H,1-4,10-11H2,(H4,12,13,14)/t5-,6-/m0/s1. The lowest BCUT2D eigenvalue weighted by Gasteiger charge is -2.12. The normalized spacial score (nSPS) is 13.5. The fourth-order valence-corrected chi connectivity index (χ4v) is 0.988. The van der Waals surface area contributed by atoms with Gasteiger partial charge in [-0.05, 0) is 12.8 Å². The van der Waals surface area contributed by atoms with Gasteiger partial charge in [-0.15, -0.1) is 0 Å². The number of carbonyl (C=O) groups excluding carboxylic acids is 2. The minimum atomic E-state index is -1.25. The molecule has 0 radical (unpaired) electrons. The average Bonchev–Trinajstić information content (AvgIpc) is 2.32. The van der Waals surface area contributed by atoms with E-state index in [0.29, 0.717) is 13.0 Å². The van der Waals surface area contributed by atoms with E-state index in [-0.39, 0.29) is 12.4 Å². The molecule has 0 saturated carbocycles. The van der Waals surface area contributed by atoms with Crippen LogP contribution in [0.15, 0.2) is 0 Å². The summed E-state index contributed by atoms with van der Waals surface area (Å²) < 4.78 is 4.37. The first-order chi connectivity index (χ1) is 8.38. The van der Waals surface area contributed by atoms with Crippen LogP contribution in [0.1, 0.15) is 12.8 Å². The number of esters is 2. The van der Waals surface area contributed by atoms with E-state index in [9.17, 15) is 9.59 Å². The highest BCUT2D eigenvalue weighted by atomic mass is 16.6. The lowest BCUT2D eigenvalue weighted by Crippen LogP contribution is -2.41. The van der Waals surface area contributed by atoms with E-state index in [1.165, 1.54) is 0 Å². The number of guanidine groups is 1. The van der Waals surface area contributed by atoms with Crippen molar-refractivity contribution in [3.63, 3.8) is 0 Å². The van der Waals surface area contributed by atoms with Crippen LogP contribution in [0, 0.1) is 5.41 Å². The number of hydrogen-bond acceptors (Lipinski definition) is 7. The SMILES string of the molecule is N=C(N)NCCC[C@H](N)C(=O)OC(=O)[C@@H](N)CO. The molecule has 0 aromatic heterocycles. The van der Waals surface area contributed by atoms with Gasteiger partial charge in [0.2, 0.25) is 0 Å². The number of aliphatic hydroxyl groups is 1. The smallest absolute Gasteiger partial charge is 0.332 e. The zero-order chi connectivity index (χ0) is 14.1. The summed E-state index contributed by atoms with van der Waals surface area (Å²) in [6.45, 7) is -0.218. The maximum Gasteiger partial charge on any atom is 0.332 e. The Labute approximate surface area is 104 Å². The molecule has 0 aliphatic rings. The predicted octanol–water partition coefficient (Wildman–Crippen LogP) is -3.03. The first-order valence-electron chi connectivity index (χ1n) is 5.34. The highest BCUT2D eigenvalue weighted by Crippen LogP contribution is 1.98. The van der Waals surface area contributed by atoms with E-state index in [1.807, 2.05) is 0 Å². The minimum absolute atomic E-state index is 0.171. The molecule has 0 heterocycles. The number of ether oxygens (including phenoxy) is 1. The number of rotatable bonds is 7. The van der Waals surface area contributed by atoms with Crippen molar-refractivity contribution in [3.8, 4) is 0 Å². The van der Waals surface area contributed by atoms with Crippen molar-refractivity contribution in [2.24, 2.45) is 17.2 Å². The molecular formula is C9H19N5O4. The Bertz CT molecular complexity index is 309. The van der Waals surface area contributed by atoms with Crippen molar-refractivity contribution in [2.75, 3.05) is 13.2 Å². The molecular weight excluding hydrogens is 242 g/mol. The van der Waals surface area contributed by atoms with Crippen molar-refractivity contribution in [3.05, 3.63) is 0 Å². The van der Waals surface area contributed by atoms with Gasteiger partial charge in [0, 0.05) is 6.54 Å². The zero-order valence-corrected chi connectivity index (χ0v) is 9.89. The van der Waals surface area contributed by atoms with Gasteiger partial charge >= 0.3 is 11.9 Å². The van der Waals surface area contributed by atoms with Crippen molar-refractivity contribution < 1.29 is 19.4 Å². The van der Waals surface area contributed by atoms with Gasteiger partial charge in [-0.2, -0.15) is 0 Å². The van der Waals surface area contributed by atoms with Crippen molar-refractivity contribution in [2.45, 2.75) is 24.9 Å². The Morgan fingerprint density at radius 2 is 1.83 bits per heavy atom. The van der Waals surface area contributed by atoms with Gasteiger partial charge in [-0.25, -0.2) is 9.59 Å². The quantitative estimate of drug-likeness (QED) is 0.0920. The summed E-state index contributed by atoms with van der Waals surface area (Å²) in [5.41, 5.74) is 15.7. The molecule has 0 amide bonds. The van der Waals surface area contributed by atoms with Crippen LogP contribution in [0.25, 0.3) is 0 Å². The number of nitrogens with one attached hydrogen (secondary N) is 2. The summed E-state index contributed by atoms with van der Waals surface area (Å²) in [4.78, 5) is 22.4. The molecule has 0 aliphatic carbocycles. The summed E-state index contributed by atoms with van der Waals surface area (Å²) >= 11 is 0. The molecule has 0 aromatic rings. The molecule has 9 N–H and O–H groups in total. The topological polar surface area (TPSA) is 178 Å². The zero-order valence-electron chi connectivity index (χ0n) is 9.89. The number of hydrogen-bond donors (Lipinski definition) is 6. The molecule has 0 rings (SSSR count). The fourth-order valence-electron chi connectivity index (χ4n) is 0.988. The third-order valence-corrected chi connectivity index (χ3v) is 2.01. The Kier molecular flexibility index (Phi) is 7.59. The maximum atomic E-state index is 11.3. The van der Waals surface area contributed by atoms with Gasteiger partial charge in [0.1, 0.15) is 12.1 Å². The first kappa shape index (κ1) is 16.3. The Morgan fingerprint density at radius 3 is 2.33 bits per heavy atom. The van der Waals surface area contributed by atoms with Gasteiger partial charge in [-0.3, -0.25) is 5.41 Å². The van der Waals surface area contributed by atoms with Crippen molar-refractivity contribution in [1.29, 1.82) is 5.41 Å². The molecule has 2 atom stereocenters. The van der Waals surface area contributed by atoms with Crippen LogP contribution in [0.5, 0.6) is 0 Å². The highest BCUT2D eigenvalue weighted by molar-refractivity contribution is 5.90. The monoisotopic (exact) mass is 261 g/mol. The van der Waals surface area contributed by atoms with Crippen LogP contribution in [0.4, 0.5) is 0 Å².